The fraction of sp³-hybridized carbons (Fsp3) is 0. The molecule has 0 amide bonds. The Morgan fingerprint density at radius 1 is 0.833 bits per heavy atom. The molecule has 2 aromatic rings. The number of fused-ring (bicyclic) bond motifs is 2. The standard InChI is InChI=1S/C14H6N2O8/c17-5-1-2-6-7(3-5)12(18)8-4-9(15(21)22)11(16(23)24)14(20)10(8)13(6)19/h1-4,17,20H. The van der Waals surface area contributed by atoms with Crippen LogP contribution >= 0.6 is 0 Å². The number of carbonyl (C=O) groups excluding carboxylic acids is 2. The molecule has 0 radical (unpaired) electrons. The molecule has 10 heteroatoms. The van der Waals surface area contributed by atoms with E-state index in [4.69, 9.17) is 0 Å². The molecule has 10 nitrogen and oxygen atoms in total. The summed E-state index contributed by atoms with van der Waals surface area (Å²) >= 11 is 0. The molecule has 0 spiro atoms. The van der Waals surface area contributed by atoms with Crippen LogP contribution in [0.3, 0.4) is 0 Å². The summed E-state index contributed by atoms with van der Waals surface area (Å²) in [6, 6.07) is 3.84. The Bertz CT molecular complexity index is 979. The number of aromatic hydroxyl groups is 2. The highest BCUT2D eigenvalue weighted by molar-refractivity contribution is 6.30. The summed E-state index contributed by atoms with van der Waals surface area (Å²) in [5, 5.41) is 41.5. The zero-order valence-electron chi connectivity index (χ0n) is 11.5. The van der Waals surface area contributed by atoms with Crippen molar-refractivity contribution in [1.29, 1.82) is 0 Å². The summed E-state index contributed by atoms with van der Waals surface area (Å²) in [7, 11) is 0. The third-order valence-electron chi connectivity index (χ3n) is 3.60. The summed E-state index contributed by atoms with van der Waals surface area (Å²) in [4.78, 5) is 44.6. The third-order valence-corrected chi connectivity index (χ3v) is 3.60. The van der Waals surface area contributed by atoms with Crippen LogP contribution in [0, 0.1) is 20.2 Å². The lowest BCUT2D eigenvalue weighted by Gasteiger charge is -2.18. The predicted octanol–water partition coefficient (Wildman–Crippen LogP) is 1.69. The van der Waals surface area contributed by atoms with Crippen LogP contribution in [-0.2, 0) is 0 Å². The molecule has 2 N–H and O–H groups in total. The average Bonchev–Trinajstić information content (AvgIpc) is 2.51. The first-order chi connectivity index (χ1) is 11.2. The minimum Gasteiger partial charge on any atom is -0.508 e. The zero-order valence-corrected chi connectivity index (χ0v) is 11.5. The molecular formula is C14H6N2O8. The van der Waals surface area contributed by atoms with Gasteiger partial charge in [0.15, 0.2) is 11.6 Å². The Morgan fingerprint density at radius 3 is 2.08 bits per heavy atom. The molecule has 0 bridgehead atoms. The Balaban J connectivity index is 2.41. The summed E-state index contributed by atoms with van der Waals surface area (Å²) in [5.74, 6) is -3.32. The van der Waals surface area contributed by atoms with E-state index in [0.29, 0.717) is 6.07 Å². The van der Waals surface area contributed by atoms with E-state index in [1.54, 1.807) is 0 Å². The average molecular weight is 330 g/mol. The molecule has 120 valence electrons. The Kier molecular flexibility index (Phi) is 3.04. The van der Waals surface area contributed by atoms with Crippen molar-refractivity contribution in [3.05, 3.63) is 66.7 Å². The minimum absolute atomic E-state index is 0.177. The van der Waals surface area contributed by atoms with Gasteiger partial charge >= 0.3 is 11.4 Å². The van der Waals surface area contributed by atoms with E-state index in [-0.39, 0.29) is 16.9 Å². The van der Waals surface area contributed by atoms with E-state index in [2.05, 4.69) is 0 Å². The van der Waals surface area contributed by atoms with Crippen molar-refractivity contribution >= 4 is 22.9 Å². The topological polar surface area (TPSA) is 161 Å². The smallest absolute Gasteiger partial charge is 0.387 e. The van der Waals surface area contributed by atoms with E-state index in [1.165, 1.54) is 0 Å². The molecule has 0 atom stereocenters. The second-order valence-electron chi connectivity index (χ2n) is 4.92. The maximum atomic E-state index is 12.5. The van der Waals surface area contributed by atoms with E-state index < -0.39 is 49.7 Å². The van der Waals surface area contributed by atoms with E-state index >= 15 is 0 Å². The van der Waals surface area contributed by atoms with Crippen molar-refractivity contribution in [3.63, 3.8) is 0 Å². The number of rotatable bonds is 2. The van der Waals surface area contributed by atoms with Gasteiger partial charge in [-0.1, -0.05) is 0 Å². The zero-order chi connectivity index (χ0) is 17.8. The van der Waals surface area contributed by atoms with Gasteiger partial charge in [-0.25, -0.2) is 0 Å². The monoisotopic (exact) mass is 330 g/mol. The van der Waals surface area contributed by atoms with Gasteiger partial charge in [0, 0.05) is 22.8 Å². The van der Waals surface area contributed by atoms with E-state index in [0.717, 1.165) is 18.2 Å². The number of benzene rings is 2. The molecule has 0 fully saturated rings. The number of nitrogens with zero attached hydrogens (tertiary/aromatic N) is 2. The maximum Gasteiger partial charge on any atom is 0.387 e. The van der Waals surface area contributed by atoms with Crippen molar-refractivity contribution in [3.8, 4) is 11.5 Å². The highest BCUT2D eigenvalue weighted by atomic mass is 16.6. The fourth-order valence-corrected chi connectivity index (χ4v) is 2.57. The molecule has 24 heavy (non-hydrogen) atoms. The van der Waals surface area contributed by atoms with Gasteiger partial charge in [0.25, 0.3) is 0 Å². The summed E-state index contributed by atoms with van der Waals surface area (Å²) in [6.07, 6.45) is 0. The van der Waals surface area contributed by atoms with Crippen LogP contribution in [0.2, 0.25) is 0 Å². The van der Waals surface area contributed by atoms with Gasteiger partial charge in [0.1, 0.15) is 5.75 Å². The van der Waals surface area contributed by atoms with Crippen LogP contribution in [0.1, 0.15) is 31.8 Å². The van der Waals surface area contributed by atoms with Crippen LogP contribution in [0.25, 0.3) is 0 Å². The molecule has 1 aliphatic carbocycles. The summed E-state index contributed by atoms with van der Waals surface area (Å²) < 4.78 is 0. The van der Waals surface area contributed by atoms with Crippen LogP contribution < -0.4 is 0 Å². The van der Waals surface area contributed by atoms with Gasteiger partial charge in [0.05, 0.1) is 15.4 Å². The Hall–Kier alpha value is -3.82. The molecule has 1 aliphatic rings. The summed E-state index contributed by atoms with van der Waals surface area (Å²) in [6.45, 7) is 0. The van der Waals surface area contributed by atoms with Crippen molar-refractivity contribution in [2.24, 2.45) is 0 Å². The number of hydrogen-bond donors (Lipinski definition) is 2. The van der Waals surface area contributed by atoms with Gasteiger partial charge < -0.3 is 10.2 Å². The quantitative estimate of drug-likeness (QED) is 0.530. The van der Waals surface area contributed by atoms with Gasteiger partial charge in [-0.2, -0.15) is 0 Å². The Labute approximate surface area is 131 Å². The first-order valence-electron chi connectivity index (χ1n) is 6.35. The number of nitro benzene ring substituents is 2. The lowest BCUT2D eigenvalue weighted by atomic mass is 9.83. The van der Waals surface area contributed by atoms with Crippen LogP contribution in [0.4, 0.5) is 11.4 Å². The molecule has 0 aromatic heterocycles. The number of carbonyl (C=O) groups is 2. The molecule has 0 heterocycles. The van der Waals surface area contributed by atoms with E-state index in [9.17, 15) is 40.0 Å². The fourth-order valence-electron chi connectivity index (χ4n) is 2.57. The second-order valence-corrected chi connectivity index (χ2v) is 4.92. The van der Waals surface area contributed by atoms with Crippen LogP contribution in [0.5, 0.6) is 11.5 Å². The molecular weight excluding hydrogens is 324 g/mol. The van der Waals surface area contributed by atoms with E-state index in [1.807, 2.05) is 0 Å². The van der Waals surface area contributed by atoms with Gasteiger partial charge in [-0.15, -0.1) is 0 Å². The molecule has 3 rings (SSSR count). The molecule has 0 saturated carbocycles. The largest absolute Gasteiger partial charge is 0.508 e. The van der Waals surface area contributed by atoms with Gasteiger partial charge in [-0.3, -0.25) is 29.8 Å². The SMILES string of the molecule is O=C1c2cc(O)ccc2C(=O)c2c1cc([N+](=O)[O-])c([N+](=O)[O-])c2O. The van der Waals surface area contributed by atoms with Crippen LogP contribution in [0.15, 0.2) is 24.3 Å². The highest BCUT2D eigenvalue weighted by Crippen LogP contribution is 2.44. The minimum atomic E-state index is -1.26. The molecule has 0 unspecified atom stereocenters. The first kappa shape index (κ1) is 15.1. The third kappa shape index (κ3) is 1.90. The van der Waals surface area contributed by atoms with Crippen molar-refractivity contribution in [1.82, 2.24) is 0 Å². The second kappa shape index (κ2) is 4.84. The van der Waals surface area contributed by atoms with Crippen molar-refractivity contribution in [2.75, 3.05) is 0 Å². The number of ketones is 2. The lowest BCUT2D eigenvalue weighted by Crippen LogP contribution is -2.21. The molecule has 0 saturated heterocycles. The van der Waals surface area contributed by atoms with Gasteiger partial charge in [-0.05, 0) is 18.2 Å². The number of hydrogen-bond acceptors (Lipinski definition) is 8. The number of phenols is 2. The predicted molar refractivity (Wildman–Crippen MR) is 76.4 cm³/mol. The van der Waals surface area contributed by atoms with Crippen molar-refractivity contribution < 1.29 is 29.6 Å². The highest BCUT2D eigenvalue weighted by Gasteiger charge is 2.41. The first-order valence-corrected chi connectivity index (χ1v) is 6.35. The Morgan fingerprint density at radius 2 is 1.50 bits per heavy atom. The van der Waals surface area contributed by atoms with Gasteiger partial charge in [0.2, 0.25) is 5.75 Å². The number of phenolic OH excluding ortho intramolecular Hbond substituents is 2. The van der Waals surface area contributed by atoms with Crippen LogP contribution in [-0.4, -0.2) is 31.6 Å². The lowest BCUT2D eigenvalue weighted by molar-refractivity contribution is -0.423. The summed E-state index contributed by atoms with van der Waals surface area (Å²) in [5.41, 5.74) is -3.97. The molecule has 2 aromatic carbocycles. The number of nitro groups is 2. The molecule has 0 aliphatic heterocycles. The maximum absolute atomic E-state index is 12.5. The van der Waals surface area contributed by atoms with Crippen molar-refractivity contribution in [2.45, 2.75) is 0 Å². The normalized spacial score (nSPS) is 12.5.